The summed E-state index contributed by atoms with van der Waals surface area (Å²) in [5.41, 5.74) is -4.73. The van der Waals surface area contributed by atoms with Gasteiger partial charge in [0, 0.05) is 129 Å². The number of piperidine rings is 6. The van der Waals surface area contributed by atoms with Gasteiger partial charge in [0.2, 0.25) is 0 Å². The van der Waals surface area contributed by atoms with Crippen LogP contribution < -0.4 is 90.4 Å². The van der Waals surface area contributed by atoms with Crippen LogP contribution in [0, 0.1) is 0 Å². The fourth-order valence-corrected chi connectivity index (χ4v) is 19.9. The van der Waals surface area contributed by atoms with Gasteiger partial charge in [0.05, 0.1) is 84.8 Å². The van der Waals surface area contributed by atoms with Crippen LogP contribution in [0.4, 0.5) is 9.59 Å². The zero-order valence-electron chi connectivity index (χ0n) is 85.7. The fourth-order valence-electron chi connectivity index (χ4n) is 19.9. The molecule has 0 aliphatic carbocycles. The van der Waals surface area contributed by atoms with E-state index in [4.69, 9.17) is 30.6 Å². The Kier molecular flexibility index (Phi) is 51.3. The molecule has 6 saturated heterocycles. The first-order valence-electron chi connectivity index (χ1n) is 47.0. The summed E-state index contributed by atoms with van der Waals surface area (Å²) in [6.07, 6.45) is -6.44. The molecule has 6 aliphatic rings. The van der Waals surface area contributed by atoms with Crippen LogP contribution in [0.2, 0.25) is 0 Å². The molecule has 37 N–H and O–H groups in total. The van der Waals surface area contributed by atoms with Crippen molar-refractivity contribution in [2.75, 3.05) is 98.8 Å². The summed E-state index contributed by atoms with van der Waals surface area (Å²) in [5.74, 6) is -6.66. The van der Waals surface area contributed by atoms with Gasteiger partial charge in [-0.3, -0.25) is 38.4 Å². The lowest BCUT2D eigenvalue weighted by atomic mass is 9.79. The van der Waals surface area contributed by atoms with Crippen LogP contribution in [-0.4, -0.2) is 434 Å². The highest BCUT2D eigenvalue weighted by Crippen LogP contribution is 2.35. The molecule has 6 aliphatic heterocycles. The molecular weight excluding hydrogens is 1810 g/mol. The molecule has 0 aromatic heterocycles. The number of hydrogen-bond donors (Lipinski definition) is 37. The van der Waals surface area contributed by atoms with E-state index in [1.165, 1.54) is 0 Å². The summed E-state index contributed by atoms with van der Waals surface area (Å²) < 4.78 is 0. The second-order valence-electron chi connectivity index (χ2n) is 45.5. The second kappa shape index (κ2) is 54.8. The highest BCUT2D eigenvalue weighted by atomic mass is 16.5. The van der Waals surface area contributed by atoms with Crippen molar-refractivity contribution in [1.29, 1.82) is 0 Å². The van der Waals surface area contributed by atoms with E-state index >= 15 is 0 Å². The maximum absolute atomic E-state index is 12.1. The zero-order chi connectivity index (χ0) is 107. The van der Waals surface area contributed by atoms with Crippen molar-refractivity contribution in [2.24, 2.45) is 0 Å². The molecule has 48 nitrogen and oxygen atoms in total. The zero-order valence-corrected chi connectivity index (χ0v) is 85.7. The lowest BCUT2D eigenvalue weighted by molar-refractivity contribution is -0.147. The van der Waals surface area contributed by atoms with Crippen molar-refractivity contribution in [3.63, 3.8) is 0 Å². The van der Waals surface area contributed by atoms with Crippen molar-refractivity contribution < 1.29 is 150 Å². The molecule has 6 rings (SSSR count). The molecule has 12 amide bonds. The first kappa shape index (κ1) is 129. The number of carbonyl (C=O) groups is 10. The minimum absolute atomic E-state index is 0.0231. The van der Waals surface area contributed by atoms with E-state index in [2.05, 4.69) is 201 Å². The van der Waals surface area contributed by atoms with Crippen LogP contribution >= 0.6 is 0 Å². The SMILES string of the molecule is CC1(C)CC(NC(=O)C(=O)N(CCO)CCO)CC(C)(C)N1.CC1(C)CC(NC(=O)C(=O)NC(CO)(CO)CO)CC(C)(C)N1.CC1(C)CC(NC(=O)C(=O)NCC(O)C(O)C(O)C(O)CO)CC(C)(C)N1.CC1(C)CC(NC(=O)C(=O)NCC(O)O)CC(C)(C)N1.CC1(C)CC(NC(=O)NC(CO)(CO)CO)CC(C)(C)N1.CC1(C)CC(NC(=O)NCC(O)C(O)C(O)C(O)CO)CC(C)(C)N1. The van der Waals surface area contributed by atoms with E-state index in [1.54, 1.807) is 0 Å². The largest absolute Gasteiger partial charge is 0.395 e. The average Bonchev–Trinajstić information content (AvgIpc) is 0.860. The van der Waals surface area contributed by atoms with Crippen LogP contribution in [0.15, 0.2) is 0 Å². The predicted molar refractivity (Wildman–Crippen MR) is 510 cm³/mol. The van der Waals surface area contributed by atoms with Gasteiger partial charge in [0.15, 0.2) is 6.29 Å². The Morgan fingerprint density at radius 2 is 0.478 bits per heavy atom. The Morgan fingerprint density at radius 3 is 0.717 bits per heavy atom. The first-order valence-corrected chi connectivity index (χ1v) is 47.0. The number of nitrogens with zero attached hydrogens (tertiary/aromatic N) is 1. The highest BCUT2D eigenvalue weighted by Gasteiger charge is 2.47. The Hall–Kier alpha value is -6.74. The molecule has 48 heteroatoms. The summed E-state index contributed by atoms with van der Waals surface area (Å²) in [4.78, 5) is 121. The minimum Gasteiger partial charge on any atom is -0.395 e. The Balaban J connectivity index is 0.000000830. The van der Waals surface area contributed by atoms with E-state index in [0.717, 1.165) is 56.3 Å². The number of nitrogens with one attached hydrogen (secondary N) is 17. The maximum Gasteiger partial charge on any atom is 0.315 e. The van der Waals surface area contributed by atoms with Gasteiger partial charge in [0.1, 0.15) is 47.7 Å². The normalized spacial score (nSPS) is 22.3. The number of hydrogen-bond acceptors (Lipinski definition) is 36. The van der Waals surface area contributed by atoms with Crippen molar-refractivity contribution in [2.45, 2.75) is 412 Å². The summed E-state index contributed by atoms with van der Waals surface area (Å²) in [6, 6.07) is -1.61. The molecule has 138 heavy (non-hydrogen) atoms. The van der Waals surface area contributed by atoms with Gasteiger partial charge >= 0.3 is 59.3 Å². The third-order valence-corrected chi connectivity index (χ3v) is 23.6. The third kappa shape index (κ3) is 48.1. The number of amides is 12. The van der Waals surface area contributed by atoms with Crippen LogP contribution in [-0.2, 0) is 38.4 Å². The summed E-state index contributed by atoms with van der Waals surface area (Å²) >= 11 is 0. The Labute approximate surface area is 812 Å². The van der Waals surface area contributed by atoms with Crippen LogP contribution in [0.3, 0.4) is 0 Å². The molecular formula is C90H178N18O30. The van der Waals surface area contributed by atoms with Gasteiger partial charge in [0.25, 0.3) is 0 Å². The molecule has 0 spiro atoms. The molecule has 808 valence electrons. The van der Waals surface area contributed by atoms with Gasteiger partial charge in [-0.1, -0.05) is 0 Å². The molecule has 0 bridgehead atoms. The number of aliphatic hydroxyl groups is 20. The number of urea groups is 2. The topological polar surface area (TPSA) is 783 Å². The second-order valence-corrected chi connectivity index (χ2v) is 45.5. The fraction of sp³-hybridized carbons (Fsp3) is 0.889. The molecule has 0 aromatic rings. The molecule has 8 unspecified atom stereocenters. The van der Waals surface area contributed by atoms with Gasteiger partial charge < -0.3 is 197 Å². The Bertz CT molecular complexity index is 3670. The van der Waals surface area contributed by atoms with E-state index in [-0.39, 0.29) is 142 Å². The highest BCUT2D eigenvalue weighted by molar-refractivity contribution is 6.36. The van der Waals surface area contributed by atoms with Crippen LogP contribution in [0.25, 0.3) is 0 Å². The maximum atomic E-state index is 12.1. The molecule has 0 radical (unpaired) electrons. The first-order chi connectivity index (χ1) is 62.8. The van der Waals surface area contributed by atoms with Crippen molar-refractivity contribution in [3.05, 3.63) is 0 Å². The number of rotatable bonds is 32. The van der Waals surface area contributed by atoms with Gasteiger partial charge in [-0.25, -0.2) is 9.59 Å². The van der Waals surface area contributed by atoms with Gasteiger partial charge in [-0.15, -0.1) is 0 Å². The van der Waals surface area contributed by atoms with Gasteiger partial charge in [-0.2, -0.15) is 0 Å². The average molecular weight is 1990 g/mol. The summed E-state index contributed by atoms with van der Waals surface area (Å²) in [5, 5.41) is 233. The molecule has 6 heterocycles. The number of carbonyl (C=O) groups excluding carboxylic acids is 10. The van der Waals surface area contributed by atoms with Crippen LogP contribution in [0.1, 0.15) is 243 Å². The van der Waals surface area contributed by atoms with E-state index < -0.39 is 185 Å². The van der Waals surface area contributed by atoms with Crippen LogP contribution in [0.5, 0.6) is 0 Å². The lowest BCUT2D eigenvalue weighted by Gasteiger charge is -2.46. The number of aliphatic hydroxyl groups excluding tert-OH is 19. The molecule has 8 atom stereocenters. The van der Waals surface area contributed by atoms with Gasteiger partial charge in [-0.05, 0) is 243 Å². The summed E-state index contributed by atoms with van der Waals surface area (Å²) in [7, 11) is 0. The molecule has 0 aromatic carbocycles. The van der Waals surface area contributed by atoms with Crippen molar-refractivity contribution in [1.82, 2.24) is 95.3 Å². The van der Waals surface area contributed by atoms with E-state index in [1.807, 2.05) is 55.4 Å². The standard InChI is InChI=1S/C17H33N3O7.C16H33N3O6.C15H29N3O5.C15H29N3O4.C14H29N3O4.C13H25N3O4/c1-16(2)5-9(6-17(3,4)20-16)19-15(27)14(26)18-7-10(22)12(24)13(25)11(23)8-21;1-15(2)5-9(6-16(3,4)19-15)18-14(25)17-7-10(21)12(23)13(24)11(22)8-20;1-13(2)5-10(6-14(3,4)18-13)16-11(22)12(23)17-15(7-19,8-20)9-21;1-14(2)9-11(10-15(3,4)17-14)16-12(21)13(22)18(5-7-19)6-8-20;1-12(2)5-10(6-13(3,4)17-12)15-11(21)16-14(7-18,8-19)9-20;1-12(2)5-8(6-13(3,4)16-12)15-11(20)10(19)14-7-9(17)18/h9-13,20-25H,5-8H2,1-4H3,(H,18,26)(H,19,27);9-13,19-24H,5-8H2,1-4H3,(H2,17,18,25);10,18-21H,5-9H2,1-4H3,(H,16,22)(H,17,23);11,17,19-20H,5-10H2,1-4H3,(H,16,21);10,17-20H,5-9H2,1-4H3,(H2,15,16,21);8-9,16-18H,5-7H2,1-4H3,(H,14,19)(H,15,20). The van der Waals surface area contributed by atoms with Crippen molar-refractivity contribution in [3.8, 4) is 0 Å². The van der Waals surface area contributed by atoms with E-state index in [0.29, 0.717) is 25.7 Å². The van der Waals surface area contributed by atoms with Crippen molar-refractivity contribution >= 4 is 59.3 Å². The summed E-state index contributed by atoms with van der Waals surface area (Å²) in [6.45, 7) is 42.5. The lowest BCUT2D eigenvalue weighted by Crippen LogP contribution is -2.65. The monoisotopic (exact) mass is 1990 g/mol. The smallest absolute Gasteiger partial charge is 0.315 e. The quantitative estimate of drug-likeness (QED) is 0.0220. The minimum atomic E-state index is -1.80. The molecule has 0 saturated carbocycles. The third-order valence-electron chi connectivity index (χ3n) is 23.6. The molecule has 6 fully saturated rings. The van der Waals surface area contributed by atoms with E-state index in [9.17, 15) is 119 Å². The Morgan fingerprint density at radius 1 is 0.268 bits per heavy atom. The predicted octanol–water partition coefficient (Wildman–Crippen LogP) is -9.39.